The third-order valence-corrected chi connectivity index (χ3v) is 3.06. The van der Waals surface area contributed by atoms with Gasteiger partial charge in [0.25, 0.3) is 0 Å². The second-order valence-electron chi connectivity index (χ2n) is 6.02. The molecule has 0 aliphatic carbocycles. The molecule has 0 radical (unpaired) electrons. The van der Waals surface area contributed by atoms with Crippen molar-refractivity contribution in [2.75, 3.05) is 27.7 Å². The highest BCUT2D eigenvalue weighted by Crippen LogP contribution is 2.11. The van der Waals surface area contributed by atoms with Crippen LogP contribution in [0.1, 0.15) is 84.0 Å². The zero-order valence-corrected chi connectivity index (χ0v) is 18.5. The van der Waals surface area contributed by atoms with Gasteiger partial charge in [0.2, 0.25) is 0 Å². The van der Waals surface area contributed by atoms with E-state index in [-0.39, 0.29) is 34.0 Å². The molecule has 0 fully saturated rings. The molecule has 0 aliphatic rings. The first kappa shape index (κ1) is 29.8. The van der Waals surface area contributed by atoms with Crippen LogP contribution >= 0.6 is 34.0 Å². The van der Waals surface area contributed by atoms with Crippen LogP contribution in [0.15, 0.2) is 0 Å². The topological polar surface area (TPSA) is 29.3 Å². The molecule has 0 amide bonds. The van der Waals surface area contributed by atoms with Crippen molar-refractivity contribution in [3.63, 3.8) is 0 Å². The Labute approximate surface area is 156 Å². The standard InChI is InChI=1S/C14H31N.C3H9N.2BrH/c1-2-3-4-5-6-7-8-9-10-11-12-13-14-15;1-4(2)3;;/h2-15H2,1H3;1-3H3;2*1H. The second kappa shape index (κ2) is 29.0. The van der Waals surface area contributed by atoms with Gasteiger partial charge >= 0.3 is 0 Å². The average molecular weight is 434 g/mol. The normalized spacial score (nSPS) is 9.43. The maximum absolute atomic E-state index is 5.45. The third-order valence-electron chi connectivity index (χ3n) is 3.06. The molecule has 2 nitrogen and oxygen atoms in total. The van der Waals surface area contributed by atoms with Crippen molar-refractivity contribution >= 4 is 34.0 Å². The predicted octanol–water partition coefficient (Wildman–Crippen LogP) is 5.98. The van der Waals surface area contributed by atoms with Crippen LogP contribution in [0.25, 0.3) is 0 Å². The van der Waals surface area contributed by atoms with Crippen molar-refractivity contribution < 1.29 is 0 Å². The van der Waals surface area contributed by atoms with Crippen LogP contribution in [0.2, 0.25) is 0 Å². The molecule has 0 saturated carbocycles. The molecule has 2 N–H and O–H groups in total. The van der Waals surface area contributed by atoms with Crippen LogP contribution in [0, 0.1) is 0 Å². The summed E-state index contributed by atoms with van der Waals surface area (Å²) in [5, 5.41) is 0. The van der Waals surface area contributed by atoms with Gasteiger partial charge in [0.1, 0.15) is 0 Å². The molecular weight excluding hydrogens is 392 g/mol. The molecule has 21 heavy (non-hydrogen) atoms. The predicted molar refractivity (Wildman–Crippen MR) is 110 cm³/mol. The van der Waals surface area contributed by atoms with E-state index in [9.17, 15) is 0 Å². The van der Waals surface area contributed by atoms with Gasteiger partial charge in [-0.15, -0.1) is 34.0 Å². The molecule has 0 bridgehead atoms. The van der Waals surface area contributed by atoms with Gasteiger partial charge in [-0.1, -0.05) is 77.6 Å². The van der Waals surface area contributed by atoms with E-state index < -0.39 is 0 Å². The summed E-state index contributed by atoms with van der Waals surface area (Å²) in [5.41, 5.74) is 5.45. The summed E-state index contributed by atoms with van der Waals surface area (Å²) in [7, 11) is 6.00. The molecular formula is C17H42Br2N2. The van der Waals surface area contributed by atoms with Crippen LogP contribution in [-0.4, -0.2) is 32.6 Å². The molecule has 0 unspecified atom stereocenters. The van der Waals surface area contributed by atoms with Crippen molar-refractivity contribution in [2.24, 2.45) is 5.73 Å². The minimum Gasteiger partial charge on any atom is -0.330 e. The van der Waals surface area contributed by atoms with E-state index in [1.807, 2.05) is 26.0 Å². The van der Waals surface area contributed by atoms with E-state index in [0.717, 1.165) is 6.54 Å². The maximum Gasteiger partial charge on any atom is -0.00773 e. The van der Waals surface area contributed by atoms with E-state index in [0.29, 0.717) is 0 Å². The van der Waals surface area contributed by atoms with Crippen LogP contribution in [0.4, 0.5) is 0 Å². The number of halogens is 2. The van der Waals surface area contributed by atoms with Gasteiger partial charge in [-0.3, -0.25) is 0 Å². The number of unbranched alkanes of at least 4 members (excludes halogenated alkanes) is 11. The lowest BCUT2D eigenvalue weighted by Crippen LogP contribution is -1.99. The number of hydrogen-bond acceptors (Lipinski definition) is 2. The Bertz CT molecular complexity index is 130. The Morgan fingerprint density at radius 2 is 0.810 bits per heavy atom. The van der Waals surface area contributed by atoms with Gasteiger partial charge in [0.15, 0.2) is 0 Å². The summed E-state index contributed by atoms with van der Waals surface area (Å²) >= 11 is 0. The Morgan fingerprint density at radius 3 is 1.05 bits per heavy atom. The van der Waals surface area contributed by atoms with Crippen LogP contribution in [-0.2, 0) is 0 Å². The van der Waals surface area contributed by atoms with E-state index in [4.69, 9.17) is 5.73 Å². The average Bonchev–Trinajstić information content (AvgIpc) is 2.35. The molecule has 4 heteroatoms. The molecule has 0 aromatic carbocycles. The monoisotopic (exact) mass is 432 g/mol. The lowest BCUT2D eigenvalue weighted by Gasteiger charge is -2.01. The lowest BCUT2D eigenvalue weighted by atomic mass is 10.1. The van der Waals surface area contributed by atoms with Crippen LogP contribution in [0.5, 0.6) is 0 Å². The van der Waals surface area contributed by atoms with Crippen molar-refractivity contribution in [1.29, 1.82) is 0 Å². The molecule has 0 atom stereocenters. The number of hydrogen-bond donors (Lipinski definition) is 1. The second-order valence-corrected chi connectivity index (χ2v) is 6.02. The Kier molecular flexibility index (Phi) is 41.2. The fourth-order valence-electron chi connectivity index (χ4n) is 1.99. The van der Waals surface area contributed by atoms with Gasteiger partial charge in [-0.2, -0.15) is 0 Å². The van der Waals surface area contributed by atoms with E-state index >= 15 is 0 Å². The molecule has 0 spiro atoms. The highest BCUT2D eigenvalue weighted by Gasteiger charge is 1.92. The lowest BCUT2D eigenvalue weighted by molar-refractivity contribution is 0.505. The van der Waals surface area contributed by atoms with Crippen molar-refractivity contribution in [2.45, 2.75) is 84.0 Å². The number of nitrogens with two attached hydrogens (primary N) is 1. The fraction of sp³-hybridized carbons (Fsp3) is 1.00. The molecule has 0 rings (SSSR count). The van der Waals surface area contributed by atoms with Gasteiger partial charge in [-0.25, -0.2) is 0 Å². The zero-order chi connectivity index (χ0) is 14.8. The van der Waals surface area contributed by atoms with Crippen molar-refractivity contribution in [3.05, 3.63) is 0 Å². The van der Waals surface area contributed by atoms with E-state index in [1.54, 1.807) is 0 Å². The van der Waals surface area contributed by atoms with Crippen molar-refractivity contribution in [1.82, 2.24) is 4.90 Å². The molecule has 134 valence electrons. The summed E-state index contributed by atoms with van der Waals surface area (Å²) in [5.74, 6) is 0. The molecule has 0 aliphatic heterocycles. The minimum absolute atomic E-state index is 0. The largest absolute Gasteiger partial charge is 0.330 e. The summed E-state index contributed by atoms with van der Waals surface area (Å²) in [6, 6.07) is 0. The first-order chi connectivity index (χ1) is 9.15. The fourth-order valence-corrected chi connectivity index (χ4v) is 1.99. The first-order valence-electron chi connectivity index (χ1n) is 8.46. The van der Waals surface area contributed by atoms with Gasteiger partial charge < -0.3 is 10.6 Å². The van der Waals surface area contributed by atoms with E-state index in [1.165, 1.54) is 77.0 Å². The van der Waals surface area contributed by atoms with Crippen molar-refractivity contribution in [3.8, 4) is 0 Å². The van der Waals surface area contributed by atoms with Gasteiger partial charge in [0.05, 0.1) is 0 Å². The minimum atomic E-state index is 0. The summed E-state index contributed by atoms with van der Waals surface area (Å²) < 4.78 is 0. The van der Waals surface area contributed by atoms with Crippen LogP contribution < -0.4 is 5.73 Å². The first-order valence-corrected chi connectivity index (χ1v) is 8.46. The highest BCUT2D eigenvalue weighted by atomic mass is 79.9. The Hall–Kier alpha value is 0.880. The summed E-state index contributed by atoms with van der Waals surface area (Å²) in [6.07, 6.45) is 16.9. The van der Waals surface area contributed by atoms with Crippen LogP contribution in [0.3, 0.4) is 0 Å². The highest BCUT2D eigenvalue weighted by molar-refractivity contribution is 8.93. The summed E-state index contributed by atoms with van der Waals surface area (Å²) in [4.78, 5) is 2.00. The third kappa shape index (κ3) is 44.9. The van der Waals surface area contributed by atoms with E-state index in [2.05, 4.69) is 6.92 Å². The number of rotatable bonds is 12. The Balaban J connectivity index is -0.000000213. The maximum atomic E-state index is 5.45. The number of nitrogens with zero attached hydrogens (tertiary/aromatic N) is 1. The molecule has 0 aromatic rings. The zero-order valence-electron chi connectivity index (χ0n) is 15.0. The molecule has 0 heterocycles. The Morgan fingerprint density at radius 1 is 0.571 bits per heavy atom. The SMILES string of the molecule is Br.Br.CCCCCCCCCCCCCCN.CN(C)C. The molecule has 0 aromatic heterocycles. The van der Waals surface area contributed by atoms with Gasteiger partial charge in [0, 0.05) is 0 Å². The van der Waals surface area contributed by atoms with Gasteiger partial charge in [-0.05, 0) is 34.1 Å². The molecule has 0 saturated heterocycles. The summed E-state index contributed by atoms with van der Waals surface area (Å²) in [6.45, 7) is 3.15. The smallest absolute Gasteiger partial charge is 0.00773 e. The quantitative estimate of drug-likeness (QED) is 0.383.